The fraction of sp³-hybridized carbons (Fsp3) is 0.190. The van der Waals surface area contributed by atoms with Crippen LogP contribution >= 0.6 is 0 Å². The molecule has 0 unspecified atom stereocenters. The molecule has 0 aliphatic carbocycles. The van der Waals surface area contributed by atoms with Crippen LogP contribution in [0, 0.1) is 13.8 Å². The first-order valence-electron chi connectivity index (χ1n) is 8.69. The lowest BCUT2D eigenvalue weighted by molar-refractivity contribution is 0.394. The summed E-state index contributed by atoms with van der Waals surface area (Å²) in [5.74, 6) is 1.87. The number of hydrogen-bond donors (Lipinski definition) is 1. The Labute approximate surface area is 152 Å². The first-order valence-corrected chi connectivity index (χ1v) is 8.69. The maximum absolute atomic E-state index is 5.16. The molecule has 0 aliphatic rings. The molecule has 2 aromatic carbocycles. The number of nitrogens with one attached hydrogen (secondary N) is 1. The molecule has 0 spiro atoms. The molecular formula is C21H20N4O. The summed E-state index contributed by atoms with van der Waals surface area (Å²) in [4.78, 5) is 9.19. The van der Waals surface area contributed by atoms with E-state index in [0.717, 1.165) is 35.2 Å². The fourth-order valence-electron chi connectivity index (χ4n) is 2.96. The van der Waals surface area contributed by atoms with Gasteiger partial charge in [-0.3, -0.25) is 0 Å². The minimum atomic E-state index is 0.541. The van der Waals surface area contributed by atoms with Gasteiger partial charge in [0.05, 0.1) is 11.1 Å². The van der Waals surface area contributed by atoms with Crippen LogP contribution in [-0.4, -0.2) is 21.7 Å². The van der Waals surface area contributed by atoms with Crippen LogP contribution in [0.2, 0.25) is 0 Å². The van der Waals surface area contributed by atoms with E-state index >= 15 is 0 Å². The van der Waals surface area contributed by atoms with E-state index in [1.54, 1.807) is 6.92 Å². The second-order valence-corrected chi connectivity index (χ2v) is 6.38. The maximum Gasteiger partial charge on any atom is 0.223 e. The van der Waals surface area contributed by atoms with Crippen LogP contribution in [0.5, 0.6) is 0 Å². The highest BCUT2D eigenvalue weighted by Gasteiger charge is 2.14. The highest BCUT2D eigenvalue weighted by molar-refractivity contribution is 5.88. The van der Waals surface area contributed by atoms with Crippen molar-refractivity contribution in [3.05, 3.63) is 71.6 Å². The number of nitrogens with zero attached hydrogens (tertiary/aromatic N) is 3. The molecule has 1 N–H and O–H groups in total. The van der Waals surface area contributed by atoms with E-state index in [-0.39, 0.29) is 0 Å². The predicted octanol–water partition coefficient (Wildman–Crippen LogP) is 4.56. The zero-order chi connectivity index (χ0) is 17.9. The molecule has 130 valence electrons. The summed E-state index contributed by atoms with van der Waals surface area (Å²) >= 11 is 0. The largest absolute Gasteiger partial charge is 0.369 e. The summed E-state index contributed by atoms with van der Waals surface area (Å²) in [5.41, 5.74) is 4.28. The molecule has 4 aromatic rings. The van der Waals surface area contributed by atoms with Crippen LogP contribution in [0.3, 0.4) is 0 Å². The zero-order valence-corrected chi connectivity index (χ0v) is 14.9. The first-order chi connectivity index (χ1) is 12.7. The van der Waals surface area contributed by atoms with Gasteiger partial charge in [-0.25, -0.2) is 4.98 Å². The fourth-order valence-corrected chi connectivity index (χ4v) is 2.96. The second-order valence-electron chi connectivity index (χ2n) is 6.38. The normalized spacial score (nSPS) is 11.0. The molecule has 0 amide bonds. The molecule has 4 rings (SSSR count). The van der Waals surface area contributed by atoms with Crippen LogP contribution in [0.4, 0.5) is 5.82 Å². The van der Waals surface area contributed by atoms with Gasteiger partial charge in [0.15, 0.2) is 0 Å². The lowest BCUT2D eigenvalue weighted by atomic mass is 10.1. The minimum Gasteiger partial charge on any atom is -0.369 e. The molecule has 26 heavy (non-hydrogen) atoms. The van der Waals surface area contributed by atoms with Crippen LogP contribution in [0.15, 0.2) is 59.1 Å². The van der Waals surface area contributed by atoms with Gasteiger partial charge >= 0.3 is 0 Å². The van der Waals surface area contributed by atoms with Gasteiger partial charge in [-0.1, -0.05) is 47.6 Å². The molecule has 2 heterocycles. The highest BCUT2D eigenvalue weighted by Crippen LogP contribution is 2.28. The van der Waals surface area contributed by atoms with Gasteiger partial charge in [0, 0.05) is 18.9 Å². The van der Waals surface area contributed by atoms with Crippen LogP contribution in [0.25, 0.3) is 22.3 Å². The minimum absolute atomic E-state index is 0.541. The Kier molecular flexibility index (Phi) is 4.35. The van der Waals surface area contributed by atoms with Gasteiger partial charge in [-0.2, -0.15) is 4.98 Å². The van der Waals surface area contributed by atoms with Gasteiger partial charge in [-0.05, 0) is 36.6 Å². The summed E-state index contributed by atoms with van der Waals surface area (Å²) in [7, 11) is 0. The summed E-state index contributed by atoms with van der Waals surface area (Å²) in [6.07, 6.45) is 0.916. The van der Waals surface area contributed by atoms with Crippen molar-refractivity contribution < 1.29 is 4.52 Å². The van der Waals surface area contributed by atoms with Gasteiger partial charge < -0.3 is 9.84 Å². The van der Waals surface area contributed by atoms with Crippen molar-refractivity contribution >= 4 is 16.7 Å². The standard InChI is InChI=1S/C21H20N4O/c1-14-8-9-17-13-18(21-23-15(2)26-25-21)20(24-19(17)12-14)22-11-10-16-6-4-3-5-7-16/h3-9,12-13H,10-11H2,1-2H3,(H,22,24). The molecule has 5 nitrogen and oxygen atoms in total. The molecule has 0 saturated heterocycles. The third kappa shape index (κ3) is 3.42. The Morgan fingerprint density at radius 1 is 0.962 bits per heavy atom. The van der Waals surface area contributed by atoms with E-state index < -0.39 is 0 Å². The number of rotatable bonds is 5. The lowest BCUT2D eigenvalue weighted by Gasteiger charge is -2.11. The van der Waals surface area contributed by atoms with Gasteiger partial charge in [0.1, 0.15) is 5.82 Å². The average molecular weight is 344 g/mol. The van der Waals surface area contributed by atoms with Gasteiger partial charge in [0.25, 0.3) is 0 Å². The zero-order valence-electron chi connectivity index (χ0n) is 14.9. The summed E-state index contributed by atoms with van der Waals surface area (Å²) < 4.78 is 5.16. The summed E-state index contributed by atoms with van der Waals surface area (Å²) in [6, 6.07) is 18.7. The van der Waals surface area contributed by atoms with Crippen molar-refractivity contribution in [1.82, 2.24) is 15.1 Å². The van der Waals surface area contributed by atoms with Gasteiger partial charge in [0.2, 0.25) is 11.7 Å². The van der Waals surface area contributed by atoms with Crippen molar-refractivity contribution in [3.8, 4) is 11.4 Å². The number of hydrogen-bond acceptors (Lipinski definition) is 5. The van der Waals surface area contributed by atoms with E-state index in [4.69, 9.17) is 9.51 Å². The van der Waals surface area contributed by atoms with Crippen LogP contribution in [-0.2, 0) is 6.42 Å². The monoisotopic (exact) mass is 344 g/mol. The number of aryl methyl sites for hydroxylation is 2. The molecule has 0 atom stereocenters. The van der Waals surface area contributed by atoms with Crippen molar-refractivity contribution in [2.75, 3.05) is 11.9 Å². The quantitative estimate of drug-likeness (QED) is 0.575. The molecule has 0 saturated carbocycles. The van der Waals surface area contributed by atoms with E-state index in [9.17, 15) is 0 Å². The number of aromatic nitrogens is 3. The number of fused-ring (bicyclic) bond motifs is 1. The Morgan fingerprint density at radius 2 is 1.81 bits per heavy atom. The van der Waals surface area contributed by atoms with Crippen molar-refractivity contribution in [1.29, 1.82) is 0 Å². The molecule has 5 heteroatoms. The number of pyridine rings is 1. The number of anilines is 1. The van der Waals surface area contributed by atoms with Crippen molar-refractivity contribution in [2.45, 2.75) is 20.3 Å². The Morgan fingerprint density at radius 3 is 2.58 bits per heavy atom. The SMILES string of the molecule is Cc1ccc2cc(-c3noc(C)n3)c(NCCc3ccccc3)nc2c1. The van der Waals surface area contributed by atoms with Crippen molar-refractivity contribution in [2.24, 2.45) is 0 Å². The van der Waals surface area contributed by atoms with Crippen molar-refractivity contribution in [3.63, 3.8) is 0 Å². The Bertz CT molecular complexity index is 1040. The van der Waals surface area contributed by atoms with E-state index in [1.807, 2.05) is 6.07 Å². The van der Waals surface area contributed by atoms with E-state index in [0.29, 0.717) is 11.7 Å². The topological polar surface area (TPSA) is 63.8 Å². The molecule has 0 fully saturated rings. The maximum atomic E-state index is 5.16. The van der Waals surface area contributed by atoms with Crippen LogP contribution < -0.4 is 5.32 Å². The second kappa shape index (κ2) is 6.96. The third-order valence-corrected chi connectivity index (χ3v) is 4.29. The highest BCUT2D eigenvalue weighted by atomic mass is 16.5. The lowest BCUT2D eigenvalue weighted by Crippen LogP contribution is -2.08. The molecule has 0 aliphatic heterocycles. The first kappa shape index (κ1) is 16.3. The average Bonchev–Trinajstić information content (AvgIpc) is 3.08. The predicted molar refractivity (Wildman–Crippen MR) is 103 cm³/mol. The van der Waals surface area contributed by atoms with Crippen LogP contribution in [0.1, 0.15) is 17.0 Å². The summed E-state index contributed by atoms with van der Waals surface area (Å²) in [6.45, 7) is 4.63. The molecular weight excluding hydrogens is 324 g/mol. The van der Waals surface area contributed by atoms with Gasteiger partial charge in [-0.15, -0.1) is 0 Å². The Balaban J connectivity index is 1.68. The molecule has 0 radical (unpaired) electrons. The number of benzene rings is 2. The van der Waals surface area contributed by atoms with E-state index in [2.05, 4.69) is 70.9 Å². The smallest absolute Gasteiger partial charge is 0.223 e. The Hall–Kier alpha value is -3.21. The van der Waals surface area contributed by atoms with E-state index in [1.165, 1.54) is 11.1 Å². The summed E-state index contributed by atoms with van der Waals surface area (Å²) in [5, 5.41) is 8.58. The molecule has 2 aromatic heterocycles. The third-order valence-electron chi connectivity index (χ3n) is 4.29. The molecule has 0 bridgehead atoms.